The molecule has 9 heteroatoms. The standard InChI is InChI=1S/C23H16ClN3O5/c24-19-7-3-1-6-16(19)14-31-20-8-4-2-5-15(20)13-25-26-23(28)22-12-17-11-18(27(29)30)9-10-21(17)32-22/h1-13H,14H2,(H,26,28)/b25-13+. The molecule has 1 N–H and O–H groups in total. The molecule has 0 aliphatic heterocycles. The molecule has 0 unspecified atom stereocenters. The molecule has 0 spiro atoms. The van der Waals surface area contributed by atoms with Gasteiger partial charge < -0.3 is 9.15 Å². The van der Waals surface area contributed by atoms with Crippen LogP contribution in [0.25, 0.3) is 11.0 Å². The van der Waals surface area contributed by atoms with Crippen LogP contribution in [0, 0.1) is 10.1 Å². The third-order valence-electron chi connectivity index (χ3n) is 4.56. The number of ether oxygens (including phenoxy) is 1. The van der Waals surface area contributed by atoms with Crippen LogP contribution >= 0.6 is 11.6 Å². The molecule has 4 rings (SSSR count). The normalized spacial score (nSPS) is 11.0. The first kappa shape index (κ1) is 21.1. The third kappa shape index (κ3) is 4.76. The fraction of sp³-hybridized carbons (Fsp3) is 0.0435. The predicted octanol–water partition coefficient (Wildman–Crippen LogP) is 5.34. The molecule has 32 heavy (non-hydrogen) atoms. The molecule has 0 fully saturated rings. The van der Waals surface area contributed by atoms with Crippen molar-refractivity contribution in [1.82, 2.24) is 5.43 Å². The minimum absolute atomic E-state index is 0.0131. The topological polar surface area (TPSA) is 107 Å². The van der Waals surface area contributed by atoms with Crippen LogP contribution in [0.3, 0.4) is 0 Å². The number of nitrogens with zero attached hydrogens (tertiary/aromatic N) is 2. The van der Waals surface area contributed by atoms with Crippen molar-refractivity contribution in [3.63, 3.8) is 0 Å². The van der Waals surface area contributed by atoms with Crippen molar-refractivity contribution in [2.45, 2.75) is 6.61 Å². The number of nitrogens with one attached hydrogen (secondary N) is 1. The lowest BCUT2D eigenvalue weighted by Crippen LogP contribution is -2.16. The molecule has 0 radical (unpaired) electrons. The van der Waals surface area contributed by atoms with Gasteiger partial charge in [0.15, 0.2) is 5.76 Å². The Morgan fingerprint density at radius 2 is 1.91 bits per heavy atom. The van der Waals surface area contributed by atoms with Gasteiger partial charge in [-0.2, -0.15) is 5.10 Å². The molecule has 0 saturated carbocycles. The summed E-state index contributed by atoms with van der Waals surface area (Å²) in [6.45, 7) is 0.280. The van der Waals surface area contributed by atoms with Crippen LogP contribution in [0.5, 0.6) is 5.75 Å². The van der Waals surface area contributed by atoms with Crippen LogP contribution in [-0.2, 0) is 6.61 Å². The van der Waals surface area contributed by atoms with Crippen LogP contribution in [-0.4, -0.2) is 17.0 Å². The predicted molar refractivity (Wildman–Crippen MR) is 120 cm³/mol. The van der Waals surface area contributed by atoms with Gasteiger partial charge in [-0.05, 0) is 30.3 Å². The van der Waals surface area contributed by atoms with E-state index in [0.717, 1.165) is 5.56 Å². The smallest absolute Gasteiger partial charge is 0.307 e. The number of hydrogen-bond donors (Lipinski definition) is 1. The number of benzene rings is 3. The van der Waals surface area contributed by atoms with Crippen LogP contribution in [0.1, 0.15) is 21.7 Å². The lowest BCUT2D eigenvalue weighted by atomic mass is 10.2. The molecule has 160 valence electrons. The highest BCUT2D eigenvalue weighted by molar-refractivity contribution is 6.31. The number of para-hydroxylation sites is 1. The number of nitro groups is 1. The minimum Gasteiger partial charge on any atom is -0.488 e. The highest BCUT2D eigenvalue weighted by Crippen LogP contribution is 2.24. The molecule has 1 amide bonds. The number of nitro benzene ring substituents is 1. The fourth-order valence-corrected chi connectivity index (χ4v) is 3.15. The van der Waals surface area contributed by atoms with E-state index >= 15 is 0 Å². The number of rotatable bonds is 7. The van der Waals surface area contributed by atoms with Crippen molar-refractivity contribution in [3.05, 3.63) is 105 Å². The van der Waals surface area contributed by atoms with Crippen LogP contribution in [0.4, 0.5) is 5.69 Å². The molecule has 0 bridgehead atoms. The zero-order valence-corrected chi connectivity index (χ0v) is 17.3. The Balaban J connectivity index is 1.44. The van der Waals surface area contributed by atoms with Gasteiger partial charge in [0.25, 0.3) is 5.69 Å². The number of amides is 1. The van der Waals surface area contributed by atoms with E-state index in [1.807, 2.05) is 30.3 Å². The Bertz CT molecular complexity index is 1330. The summed E-state index contributed by atoms with van der Waals surface area (Å²) in [6, 6.07) is 20.1. The maximum absolute atomic E-state index is 12.4. The number of hydrazone groups is 1. The van der Waals surface area contributed by atoms with Crippen LogP contribution < -0.4 is 10.2 Å². The van der Waals surface area contributed by atoms with E-state index in [1.54, 1.807) is 18.2 Å². The van der Waals surface area contributed by atoms with E-state index in [1.165, 1.54) is 30.5 Å². The average molecular weight is 450 g/mol. The van der Waals surface area contributed by atoms with Crippen LogP contribution in [0.15, 0.2) is 82.3 Å². The van der Waals surface area contributed by atoms with Gasteiger partial charge >= 0.3 is 5.91 Å². The number of carbonyl (C=O) groups excluding carboxylic acids is 1. The van der Waals surface area contributed by atoms with E-state index in [2.05, 4.69) is 10.5 Å². The van der Waals surface area contributed by atoms with Crippen molar-refractivity contribution in [2.24, 2.45) is 5.10 Å². The Hall–Kier alpha value is -4.17. The van der Waals surface area contributed by atoms with Gasteiger partial charge in [0.1, 0.15) is 17.9 Å². The summed E-state index contributed by atoms with van der Waals surface area (Å²) in [5, 5.41) is 15.9. The molecule has 0 aliphatic carbocycles. The first-order valence-electron chi connectivity index (χ1n) is 9.48. The summed E-state index contributed by atoms with van der Waals surface area (Å²) in [5.41, 5.74) is 4.16. The zero-order chi connectivity index (χ0) is 22.5. The van der Waals surface area contributed by atoms with Crippen molar-refractivity contribution in [2.75, 3.05) is 0 Å². The lowest BCUT2D eigenvalue weighted by Gasteiger charge is -2.10. The Morgan fingerprint density at radius 1 is 1.12 bits per heavy atom. The maximum Gasteiger partial charge on any atom is 0.307 e. The summed E-state index contributed by atoms with van der Waals surface area (Å²) in [4.78, 5) is 22.7. The quantitative estimate of drug-likeness (QED) is 0.233. The molecule has 0 atom stereocenters. The Morgan fingerprint density at radius 3 is 2.72 bits per heavy atom. The number of carbonyl (C=O) groups is 1. The SMILES string of the molecule is O=C(N/N=C/c1ccccc1OCc1ccccc1Cl)c1cc2cc([N+](=O)[O-])ccc2o1. The van der Waals surface area contributed by atoms with Crippen molar-refractivity contribution >= 4 is 40.4 Å². The van der Waals surface area contributed by atoms with E-state index in [-0.39, 0.29) is 18.1 Å². The fourth-order valence-electron chi connectivity index (χ4n) is 2.96. The van der Waals surface area contributed by atoms with E-state index in [4.69, 9.17) is 20.8 Å². The molecule has 1 heterocycles. The van der Waals surface area contributed by atoms with E-state index in [0.29, 0.717) is 27.3 Å². The molecule has 4 aromatic rings. The molecular weight excluding hydrogens is 434 g/mol. The number of furan rings is 1. The molecular formula is C23H16ClN3O5. The highest BCUT2D eigenvalue weighted by Gasteiger charge is 2.14. The number of halogens is 1. The molecule has 3 aromatic carbocycles. The second-order valence-corrected chi connectivity index (χ2v) is 7.11. The summed E-state index contributed by atoms with van der Waals surface area (Å²) in [7, 11) is 0. The van der Waals surface area contributed by atoms with Crippen molar-refractivity contribution < 1.29 is 18.9 Å². The zero-order valence-electron chi connectivity index (χ0n) is 16.5. The Labute approximate surface area is 187 Å². The molecule has 0 aliphatic rings. The van der Waals surface area contributed by atoms with E-state index in [9.17, 15) is 14.9 Å². The van der Waals surface area contributed by atoms with Gasteiger partial charge in [0.05, 0.1) is 11.1 Å². The summed E-state index contributed by atoms with van der Waals surface area (Å²) in [6.07, 6.45) is 1.45. The second-order valence-electron chi connectivity index (χ2n) is 6.71. The summed E-state index contributed by atoms with van der Waals surface area (Å²) < 4.78 is 11.3. The number of non-ortho nitro benzene ring substituents is 1. The second kappa shape index (κ2) is 9.32. The molecule has 1 aromatic heterocycles. The third-order valence-corrected chi connectivity index (χ3v) is 4.93. The highest BCUT2D eigenvalue weighted by atomic mass is 35.5. The van der Waals surface area contributed by atoms with Crippen molar-refractivity contribution in [1.29, 1.82) is 0 Å². The summed E-state index contributed by atoms with van der Waals surface area (Å²) in [5.74, 6) is -0.0306. The van der Waals surface area contributed by atoms with Gasteiger partial charge in [0, 0.05) is 33.7 Å². The van der Waals surface area contributed by atoms with Gasteiger partial charge in [-0.3, -0.25) is 14.9 Å². The summed E-state index contributed by atoms with van der Waals surface area (Å²) >= 11 is 6.16. The van der Waals surface area contributed by atoms with Gasteiger partial charge in [-0.1, -0.05) is 41.9 Å². The lowest BCUT2D eigenvalue weighted by molar-refractivity contribution is -0.384. The van der Waals surface area contributed by atoms with Gasteiger partial charge in [-0.15, -0.1) is 0 Å². The van der Waals surface area contributed by atoms with Crippen molar-refractivity contribution in [3.8, 4) is 5.75 Å². The monoisotopic (exact) mass is 449 g/mol. The Kier molecular flexibility index (Phi) is 6.14. The largest absolute Gasteiger partial charge is 0.488 e. The maximum atomic E-state index is 12.4. The first-order chi connectivity index (χ1) is 15.5. The van der Waals surface area contributed by atoms with Crippen LogP contribution in [0.2, 0.25) is 5.02 Å². The number of hydrogen-bond acceptors (Lipinski definition) is 6. The number of fused-ring (bicyclic) bond motifs is 1. The molecule has 0 saturated heterocycles. The first-order valence-corrected chi connectivity index (χ1v) is 9.85. The van der Waals surface area contributed by atoms with Gasteiger partial charge in [0.2, 0.25) is 0 Å². The average Bonchev–Trinajstić information content (AvgIpc) is 3.23. The van der Waals surface area contributed by atoms with Gasteiger partial charge in [-0.25, -0.2) is 5.43 Å². The van der Waals surface area contributed by atoms with E-state index < -0.39 is 10.8 Å². The minimum atomic E-state index is -0.588. The molecule has 8 nitrogen and oxygen atoms in total.